The summed E-state index contributed by atoms with van der Waals surface area (Å²) in [7, 11) is 0. The number of hydrogen-bond acceptors (Lipinski definition) is 2. The Labute approximate surface area is 97.3 Å². The molecule has 0 unspecified atom stereocenters. The maximum absolute atomic E-state index is 4.37. The summed E-state index contributed by atoms with van der Waals surface area (Å²) in [4.78, 5) is 8.65. The number of rotatable bonds is 2. The molecule has 0 aliphatic carbocycles. The van der Waals surface area contributed by atoms with Gasteiger partial charge in [0, 0.05) is 25.0 Å². The molecule has 0 saturated heterocycles. The van der Waals surface area contributed by atoms with Crippen LogP contribution in [-0.4, -0.2) is 14.5 Å². The number of aryl methyl sites for hydroxylation is 2. The molecule has 0 bridgehead atoms. The lowest BCUT2D eigenvalue weighted by molar-refractivity contribution is 0.861. The average Bonchev–Trinajstić information content (AvgIpc) is 2.70. The minimum Gasteiger partial charge on any atom is -0.287 e. The molecule has 0 saturated carbocycles. The molecule has 2 rings (SSSR count). The first kappa shape index (κ1) is 10.4. The van der Waals surface area contributed by atoms with Gasteiger partial charge in [0.2, 0.25) is 0 Å². The van der Waals surface area contributed by atoms with Crippen molar-refractivity contribution in [1.29, 1.82) is 0 Å². The molecule has 0 fully saturated rings. The fraction of sp³-hybridized carbons (Fsp3) is 0.273. The number of imidazole rings is 1. The number of nitrogens with zero attached hydrogens (tertiary/aromatic N) is 3. The molecule has 2 heterocycles. The lowest BCUT2D eigenvalue weighted by Gasteiger charge is -2.08. The maximum Gasteiger partial charge on any atom is 0.152 e. The summed E-state index contributed by atoms with van der Waals surface area (Å²) in [6.45, 7) is 4.14. The van der Waals surface area contributed by atoms with Gasteiger partial charge in [-0.2, -0.15) is 0 Å². The number of aromatic nitrogens is 3. The summed E-state index contributed by atoms with van der Waals surface area (Å²) in [5.74, 6) is 1.93. The van der Waals surface area contributed by atoms with Gasteiger partial charge in [0.25, 0.3) is 0 Å². The Balaban J connectivity index is 2.59. The van der Waals surface area contributed by atoms with Crippen molar-refractivity contribution in [2.75, 3.05) is 0 Å². The van der Waals surface area contributed by atoms with E-state index >= 15 is 0 Å². The van der Waals surface area contributed by atoms with Crippen molar-refractivity contribution in [3.05, 3.63) is 40.5 Å². The van der Waals surface area contributed by atoms with Crippen LogP contribution < -0.4 is 0 Å². The second kappa shape index (κ2) is 4.14. The van der Waals surface area contributed by atoms with Crippen LogP contribution in [0, 0.1) is 6.92 Å². The number of halogens is 1. The van der Waals surface area contributed by atoms with E-state index in [2.05, 4.69) is 39.7 Å². The van der Waals surface area contributed by atoms with Gasteiger partial charge in [0.1, 0.15) is 5.82 Å². The van der Waals surface area contributed by atoms with Gasteiger partial charge in [0.05, 0.1) is 4.47 Å². The van der Waals surface area contributed by atoms with E-state index < -0.39 is 0 Å². The Hall–Kier alpha value is -1.16. The largest absolute Gasteiger partial charge is 0.287 e. The Morgan fingerprint density at radius 1 is 1.33 bits per heavy atom. The van der Waals surface area contributed by atoms with E-state index in [1.165, 1.54) is 5.56 Å². The van der Waals surface area contributed by atoms with Gasteiger partial charge in [-0.25, -0.2) is 9.97 Å². The van der Waals surface area contributed by atoms with Crippen LogP contribution in [0.2, 0.25) is 0 Å². The SMILES string of the molecule is CCc1nccn1-c1nccc(C)c1Br. The normalized spacial score (nSPS) is 10.6. The van der Waals surface area contributed by atoms with Gasteiger partial charge < -0.3 is 0 Å². The summed E-state index contributed by atoms with van der Waals surface area (Å²) in [6.07, 6.45) is 6.45. The van der Waals surface area contributed by atoms with E-state index in [9.17, 15) is 0 Å². The highest BCUT2D eigenvalue weighted by Crippen LogP contribution is 2.23. The van der Waals surface area contributed by atoms with E-state index in [0.29, 0.717) is 0 Å². The van der Waals surface area contributed by atoms with Crippen LogP contribution in [-0.2, 0) is 6.42 Å². The number of pyridine rings is 1. The quantitative estimate of drug-likeness (QED) is 0.836. The molecule has 0 radical (unpaired) electrons. The van der Waals surface area contributed by atoms with E-state index in [1.54, 1.807) is 6.20 Å². The predicted molar refractivity (Wildman–Crippen MR) is 63.2 cm³/mol. The summed E-state index contributed by atoms with van der Waals surface area (Å²) in [5, 5.41) is 0. The molecule has 0 aromatic carbocycles. The minimum absolute atomic E-state index is 0.898. The highest BCUT2D eigenvalue weighted by molar-refractivity contribution is 9.10. The van der Waals surface area contributed by atoms with E-state index in [-0.39, 0.29) is 0 Å². The van der Waals surface area contributed by atoms with E-state index in [1.807, 2.05) is 23.0 Å². The average molecular weight is 266 g/mol. The Bertz CT molecular complexity index is 476. The topological polar surface area (TPSA) is 30.7 Å². The van der Waals surface area contributed by atoms with Crippen LogP contribution in [0.3, 0.4) is 0 Å². The zero-order chi connectivity index (χ0) is 10.8. The second-order valence-electron chi connectivity index (χ2n) is 3.33. The summed E-state index contributed by atoms with van der Waals surface area (Å²) < 4.78 is 3.04. The molecule has 0 N–H and O–H groups in total. The zero-order valence-electron chi connectivity index (χ0n) is 8.74. The first-order valence-electron chi connectivity index (χ1n) is 4.87. The second-order valence-corrected chi connectivity index (χ2v) is 4.13. The molecule has 0 spiro atoms. The highest BCUT2D eigenvalue weighted by atomic mass is 79.9. The molecule has 4 heteroatoms. The third-order valence-corrected chi connectivity index (χ3v) is 3.31. The van der Waals surface area contributed by atoms with Crippen LogP contribution >= 0.6 is 15.9 Å². The molecule has 2 aromatic rings. The van der Waals surface area contributed by atoms with Gasteiger partial charge in [-0.1, -0.05) is 6.92 Å². The van der Waals surface area contributed by atoms with Crippen LogP contribution in [0.5, 0.6) is 0 Å². The standard InChI is InChI=1S/C11H12BrN3/c1-3-9-13-6-7-15(9)11-10(12)8(2)4-5-14-11/h4-7H,3H2,1-2H3. The van der Waals surface area contributed by atoms with Crippen molar-refractivity contribution in [3.8, 4) is 5.82 Å². The van der Waals surface area contributed by atoms with Gasteiger partial charge in [-0.15, -0.1) is 0 Å². The van der Waals surface area contributed by atoms with Crippen molar-refractivity contribution < 1.29 is 0 Å². The van der Waals surface area contributed by atoms with Gasteiger partial charge in [-0.3, -0.25) is 4.57 Å². The van der Waals surface area contributed by atoms with Crippen LogP contribution in [0.15, 0.2) is 29.1 Å². The molecule has 0 atom stereocenters. The van der Waals surface area contributed by atoms with Crippen molar-refractivity contribution >= 4 is 15.9 Å². The van der Waals surface area contributed by atoms with Gasteiger partial charge >= 0.3 is 0 Å². The van der Waals surface area contributed by atoms with E-state index in [0.717, 1.165) is 22.5 Å². The summed E-state index contributed by atoms with van der Waals surface area (Å²) >= 11 is 3.55. The zero-order valence-corrected chi connectivity index (χ0v) is 10.3. The number of hydrogen-bond donors (Lipinski definition) is 0. The molecule has 0 aliphatic rings. The molecule has 3 nitrogen and oxygen atoms in total. The first-order chi connectivity index (χ1) is 7.24. The van der Waals surface area contributed by atoms with Crippen LogP contribution in [0.1, 0.15) is 18.3 Å². The minimum atomic E-state index is 0.898. The third kappa shape index (κ3) is 1.81. The third-order valence-electron chi connectivity index (χ3n) is 2.33. The molecular weight excluding hydrogens is 254 g/mol. The van der Waals surface area contributed by atoms with Crippen molar-refractivity contribution in [2.45, 2.75) is 20.3 Å². The molecule has 78 valence electrons. The Morgan fingerprint density at radius 3 is 2.87 bits per heavy atom. The van der Waals surface area contributed by atoms with Crippen LogP contribution in [0.25, 0.3) is 5.82 Å². The summed E-state index contributed by atoms with van der Waals surface area (Å²) in [5.41, 5.74) is 1.18. The lowest BCUT2D eigenvalue weighted by Crippen LogP contribution is -2.03. The van der Waals surface area contributed by atoms with Crippen molar-refractivity contribution in [3.63, 3.8) is 0 Å². The predicted octanol–water partition coefficient (Wildman–Crippen LogP) is 2.90. The van der Waals surface area contributed by atoms with Crippen molar-refractivity contribution in [1.82, 2.24) is 14.5 Å². The van der Waals surface area contributed by atoms with Gasteiger partial charge in [0.15, 0.2) is 5.82 Å². The maximum atomic E-state index is 4.37. The fourth-order valence-corrected chi connectivity index (χ4v) is 1.91. The molecule has 0 aliphatic heterocycles. The monoisotopic (exact) mass is 265 g/mol. The van der Waals surface area contributed by atoms with Gasteiger partial charge in [-0.05, 0) is 34.5 Å². The molecular formula is C11H12BrN3. The highest BCUT2D eigenvalue weighted by Gasteiger charge is 2.09. The molecule has 0 amide bonds. The Kier molecular flexibility index (Phi) is 2.86. The Morgan fingerprint density at radius 2 is 2.13 bits per heavy atom. The summed E-state index contributed by atoms with van der Waals surface area (Å²) in [6, 6.07) is 1.98. The van der Waals surface area contributed by atoms with E-state index in [4.69, 9.17) is 0 Å². The smallest absolute Gasteiger partial charge is 0.152 e. The molecule has 15 heavy (non-hydrogen) atoms. The first-order valence-corrected chi connectivity index (χ1v) is 5.67. The molecule has 2 aromatic heterocycles. The fourth-order valence-electron chi connectivity index (χ4n) is 1.48. The lowest BCUT2D eigenvalue weighted by atomic mass is 10.3. The van der Waals surface area contributed by atoms with Crippen LogP contribution in [0.4, 0.5) is 0 Å². The van der Waals surface area contributed by atoms with Crippen molar-refractivity contribution in [2.24, 2.45) is 0 Å².